The lowest BCUT2D eigenvalue weighted by atomic mass is 9.95. The maximum Gasteiger partial charge on any atom is 0.408 e. The van der Waals surface area contributed by atoms with Gasteiger partial charge in [0.2, 0.25) is 0 Å². The van der Waals surface area contributed by atoms with Crippen molar-refractivity contribution in [2.75, 3.05) is 0 Å². The molecule has 0 bridgehead atoms. The molecule has 2 N–H and O–H groups in total. The first-order valence-corrected chi connectivity index (χ1v) is 6.31. The third-order valence-electron chi connectivity index (χ3n) is 3.01. The van der Waals surface area contributed by atoms with E-state index in [9.17, 15) is 28.2 Å². The lowest BCUT2D eigenvalue weighted by Crippen LogP contribution is -2.50. The average Bonchev–Trinajstić information content (AvgIpc) is 2.29. The molecule has 0 spiro atoms. The molecule has 0 aromatic heterocycles. The predicted octanol–water partition coefficient (Wildman–Crippen LogP) is 3.30. The number of halogens is 3. The van der Waals surface area contributed by atoms with Gasteiger partial charge in [-0.3, -0.25) is 4.90 Å². The Bertz CT molecular complexity index is 518. The predicted molar refractivity (Wildman–Crippen MR) is 70.4 cm³/mol. The summed E-state index contributed by atoms with van der Waals surface area (Å²) >= 11 is 0. The molecule has 0 heterocycles. The van der Waals surface area contributed by atoms with Crippen LogP contribution >= 0.6 is 0 Å². The van der Waals surface area contributed by atoms with E-state index in [2.05, 4.69) is 0 Å². The van der Waals surface area contributed by atoms with Gasteiger partial charge in [-0.05, 0) is 45.4 Å². The van der Waals surface area contributed by atoms with Gasteiger partial charge in [-0.1, -0.05) is 0 Å². The van der Waals surface area contributed by atoms with Crippen molar-refractivity contribution in [2.24, 2.45) is 0 Å². The topological polar surface area (TPSA) is 60.8 Å². The van der Waals surface area contributed by atoms with Crippen molar-refractivity contribution in [3.63, 3.8) is 0 Å². The molecular weight excluding hydrogens is 287 g/mol. The number of amides is 1. The highest BCUT2D eigenvalue weighted by Gasteiger charge is 2.37. The first-order valence-electron chi connectivity index (χ1n) is 6.31. The maximum absolute atomic E-state index is 13.4. The summed E-state index contributed by atoms with van der Waals surface area (Å²) in [6.45, 7) is 6.03. The lowest BCUT2D eigenvalue weighted by Gasteiger charge is -2.41. The SMILES string of the molecule is C[C@@H](O)[C@@H](c1cc(F)c(F)c(F)c1)N(C(=O)O)C(C)(C)C. The van der Waals surface area contributed by atoms with Gasteiger partial charge in [-0.25, -0.2) is 18.0 Å². The smallest absolute Gasteiger partial charge is 0.408 e. The fourth-order valence-corrected chi connectivity index (χ4v) is 2.21. The average molecular weight is 305 g/mol. The highest BCUT2D eigenvalue weighted by molar-refractivity contribution is 5.67. The molecule has 7 heteroatoms. The summed E-state index contributed by atoms with van der Waals surface area (Å²) in [7, 11) is 0. The van der Waals surface area contributed by atoms with Crippen LogP contribution in [0.3, 0.4) is 0 Å². The standard InChI is InChI=1S/C14H18F3NO3/c1-7(19)12(18(13(20)21)14(2,3)4)8-5-9(15)11(17)10(16)6-8/h5-7,12,19H,1-4H3,(H,20,21)/t7-,12+/m1/s1. The van der Waals surface area contributed by atoms with Crippen molar-refractivity contribution in [1.29, 1.82) is 0 Å². The first-order chi connectivity index (χ1) is 9.46. The van der Waals surface area contributed by atoms with Crippen molar-refractivity contribution in [2.45, 2.75) is 45.4 Å². The monoisotopic (exact) mass is 305 g/mol. The van der Waals surface area contributed by atoms with Crippen LogP contribution in [-0.4, -0.2) is 32.8 Å². The minimum atomic E-state index is -1.64. The van der Waals surface area contributed by atoms with Gasteiger partial charge in [0, 0.05) is 5.54 Å². The third kappa shape index (κ3) is 3.66. The zero-order valence-corrected chi connectivity index (χ0v) is 12.2. The molecule has 0 aliphatic carbocycles. The number of hydrogen-bond donors (Lipinski definition) is 2. The molecule has 0 aliphatic heterocycles. The van der Waals surface area contributed by atoms with E-state index < -0.39 is 41.2 Å². The number of hydrogen-bond acceptors (Lipinski definition) is 2. The van der Waals surface area contributed by atoms with Gasteiger partial charge in [0.05, 0.1) is 12.1 Å². The Morgan fingerprint density at radius 3 is 1.90 bits per heavy atom. The Hall–Kier alpha value is -1.76. The number of benzene rings is 1. The van der Waals surface area contributed by atoms with Gasteiger partial charge >= 0.3 is 6.09 Å². The van der Waals surface area contributed by atoms with Gasteiger partial charge in [0.15, 0.2) is 17.5 Å². The van der Waals surface area contributed by atoms with E-state index in [0.29, 0.717) is 12.1 Å². The van der Waals surface area contributed by atoms with E-state index in [1.54, 1.807) is 20.8 Å². The maximum atomic E-state index is 13.4. The minimum Gasteiger partial charge on any atom is -0.465 e. The van der Waals surface area contributed by atoms with Crippen molar-refractivity contribution in [3.05, 3.63) is 35.1 Å². The number of aliphatic hydroxyl groups is 1. The molecule has 0 fully saturated rings. The number of aliphatic hydroxyl groups excluding tert-OH is 1. The molecule has 21 heavy (non-hydrogen) atoms. The summed E-state index contributed by atoms with van der Waals surface area (Å²) in [5, 5.41) is 19.2. The molecule has 0 saturated carbocycles. The third-order valence-corrected chi connectivity index (χ3v) is 3.01. The summed E-state index contributed by atoms with van der Waals surface area (Å²) in [5.74, 6) is -4.51. The summed E-state index contributed by atoms with van der Waals surface area (Å²) in [6.07, 6.45) is -2.61. The second kappa shape index (κ2) is 5.93. The number of nitrogens with zero attached hydrogens (tertiary/aromatic N) is 1. The van der Waals surface area contributed by atoms with Crippen LogP contribution in [0, 0.1) is 17.5 Å². The van der Waals surface area contributed by atoms with Crippen molar-refractivity contribution < 1.29 is 28.2 Å². The van der Waals surface area contributed by atoms with Gasteiger partial charge in [-0.15, -0.1) is 0 Å². The zero-order chi connectivity index (χ0) is 16.5. The highest BCUT2D eigenvalue weighted by atomic mass is 19.2. The molecule has 118 valence electrons. The lowest BCUT2D eigenvalue weighted by molar-refractivity contribution is 0.0129. The molecule has 2 atom stereocenters. The molecule has 0 unspecified atom stereocenters. The number of carboxylic acid groups (broad SMARTS) is 1. The summed E-state index contributed by atoms with van der Waals surface area (Å²) in [6, 6.07) is 0.154. The van der Waals surface area contributed by atoms with E-state index >= 15 is 0 Å². The summed E-state index contributed by atoms with van der Waals surface area (Å²) in [4.78, 5) is 12.3. The molecule has 1 amide bonds. The van der Waals surface area contributed by atoms with E-state index in [-0.39, 0.29) is 5.56 Å². The quantitative estimate of drug-likeness (QED) is 0.842. The van der Waals surface area contributed by atoms with Crippen LogP contribution in [0.25, 0.3) is 0 Å². The molecule has 4 nitrogen and oxygen atoms in total. The summed E-state index contributed by atoms with van der Waals surface area (Å²) in [5.41, 5.74) is -1.09. The van der Waals surface area contributed by atoms with Crippen molar-refractivity contribution >= 4 is 6.09 Å². The van der Waals surface area contributed by atoms with Crippen LogP contribution in [0.15, 0.2) is 12.1 Å². The Labute approximate surface area is 120 Å². The Balaban J connectivity index is 3.46. The van der Waals surface area contributed by atoms with Gasteiger partial charge in [-0.2, -0.15) is 0 Å². The molecule has 0 saturated heterocycles. The van der Waals surface area contributed by atoms with Crippen LogP contribution in [0.4, 0.5) is 18.0 Å². The number of carbonyl (C=O) groups is 1. The minimum absolute atomic E-state index is 0.154. The van der Waals surface area contributed by atoms with Crippen LogP contribution in [0.5, 0.6) is 0 Å². The Morgan fingerprint density at radius 1 is 1.19 bits per heavy atom. The van der Waals surface area contributed by atoms with Crippen molar-refractivity contribution in [3.8, 4) is 0 Å². The fraction of sp³-hybridized carbons (Fsp3) is 0.500. The Morgan fingerprint density at radius 2 is 1.62 bits per heavy atom. The molecule has 1 aromatic rings. The first kappa shape index (κ1) is 17.3. The fourth-order valence-electron chi connectivity index (χ4n) is 2.21. The van der Waals surface area contributed by atoms with E-state index in [0.717, 1.165) is 4.90 Å². The molecule has 0 aliphatic rings. The van der Waals surface area contributed by atoms with Gasteiger partial charge < -0.3 is 10.2 Å². The van der Waals surface area contributed by atoms with E-state index in [4.69, 9.17) is 0 Å². The molecule has 0 radical (unpaired) electrons. The van der Waals surface area contributed by atoms with Crippen molar-refractivity contribution in [1.82, 2.24) is 4.90 Å². The van der Waals surface area contributed by atoms with Crippen LogP contribution in [0.2, 0.25) is 0 Å². The Kier molecular flexibility index (Phi) is 4.88. The summed E-state index contributed by atoms with van der Waals surface area (Å²) < 4.78 is 39.8. The van der Waals surface area contributed by atoms with E-state index in [1.807, 2.05) is 0 Å². The zero-order valence-electron chi connectivity index (χ0n) is 12.2. The molecule has 1 aromatic carbocycles. The molecular formula is C14H18F3NO3. The second-order valence-electron chi connectivity index (χ2n) is 5.81. The largest absolute Gasteiger partial charge is 0.465 e. The van der Waals surface area contributed by atoms with Gasteiger partial charge in [0.25, 0.3) is 0 Å². The normalized spacial score (nSPS) is 14.7. The number of rotatable bonds is 3. The van der Waals surface area contributed by atoms with E-state index in [1.165, 1.54) is 6.92 Å². The highest BCUT2D eigenvalue weighted by Crippen LogP contribution is 2.32. The second-order valence-corrected chi connectivity index (χ2v) is 5.81. The van der Waals surface area contributed by atoms with Crippen LogP contribution < -0.4 is 0 Å². The van der Waals surface area contributed by atoms with Crippen LogP contribution in [0.1, 0.15) is 39.3 Å². The molecule has 1 rings (SSSR count). The van der Waals surface area contributed by atoms with Gasteiger partial charge in [0.1, 0.15) is 0 Å². The van der Waals surface area contributed by atoms with Crippen LogP contribution in [-0.2, 0) is 0 Å².